The fraction of sp³-hybridized carbons (Fsp3) is 0.0986. The molecule has 350 valence electrons. The van der Waals surface area contributed by atoms with Crippen LogP contribution < -0.4 is 4.90 Å². The lowest BCUT2D eigenvalue weighted by atomic mass is 9.72. The first kappa shape index (κ1) is 41.7. The molecule has 13 aromatic rings. The number of nitrogens with zero attached hydrogens (tertiary/aromatic N) is 1. The van der Waals surface area contributed by atoms with E-state index in [9.17, 15) is 0 Å². The summed E-state index contributed by atoms with van der Waals surface area (Å²) in [6.45, 7) is 9.73. The van der Waals surface area contributed by atoms with E-state index in [1.165, 1.54) is 105 Å². The number of rotatable bonds is 5. The smallest absolute Gasteiger partial charge is 0.144 e. The van der Waals surface area contributed by atoms with Crippen molar-refractivity contribution in [2.75, 3.05) is 4.90 Å². The fourth-order valence-corrected chi connectivity index (χ4v) is 13.9. The van der Waals surface area contributed by atoms with Gasteiger partial charge in [-0.2, -0.15) is 0 Å². The third-order valence-corrected chi connectivity index (χ3v) is 17.2. The van der Waals surface area contributed by atoms with Gasteiger partial charge in [-0.05, 0) is 144 Å². The lowest BCUT2D eigenvalue weighted by molar-refractivity contribution is 0.600. The second-order valence-corrected chi connectivity index (χ2v) is 21.9. The summed E-state index contributed by atoms with van der Waals surface area (Å²) in [6, 6.07) is 78.2. The minimum absolute atomic E-state index is 0.238. The third kappa shape index (κ3) is 5.56. The van der Waals surface area contributed by atoms with Crippen molar-refractivity contribution in [3.05, 3.63) is 246 Å². The highest BCUT2D eigenvalue weighted by molar-refractivity contribution is 6.21. The number of furan rings is 2. The van der Waals surface area contributed by atoms with Gasteiger partial charge in [0.25, 0.3) is 0 Å². The summed E-state index contributed by atoms with van der Waals surface area (Å²) >= 11 is 0. The fourth-order valence-electron chi connectivity index (χ4n) is 13.9. The van der Waals surface area contributed by atoms with Crippen molar-refractivity contribution in [2.24, 2.45) is 0 Å². The molecule has 74 heavy (non-hydrogen) atoms. The first-order chi connectivity index (χ1) is 36.2. The van der Waals surface area contributed by atoms with Crippen LogP contribution in [0.15, 0.2) is 221 Å². The molecule has 11 aromatic carbocycles. The van der Waals surface area contributed by atoms with E-state index in [-0.39, 0.29) is 10.8 Å². The van der Waals surface area contributed by atoms with Crippen molar-refractivity contribution in [2.45, 2.75) is 44.9 Å². The van der Waals surface area contributed by atoms with Gasteiger partial charge in [0.2, 0.25) is 0 Å². The van der Waals surface area contributed by atoms with Gasteiger partial charge < -0.3 is 13.7 Å². The molecule has 2 heterocycles. The van der Waals surface area contributed by atoms with Crippen LogP contribution in [0.5, 0.6) is 0 Å². The summed E-state index contributed by atoms with van der Waals surface area (Å²) in [4.78, 5) is 2.52. The van der Waals surface area contributed by atoms with Crippen molar-refractivity contribution in [3.8, 4) is 55.6 Å². The van der Waals surface area contributed by atoms with Crippen molar-refractivity contribution >= 4 is 71.7 Å². The quantitative estimate of drug-likeness (QED) is 0.172. The summed E-state index contributed by atoms with van der Waals surface area (Å²) < 4.78 is 13.9. The maximum Gasteiger partial charge on any atom is 0.144 e. The lowest BCUT2D eigenvalue weighted by Gasteiger charge is -2.32. The van der Waals surface area contributed by atoms with Crippen LogP contribution in [0.1, 0.15) is 61.1 Å². The van der Waals surface area contributed by atoms with Gasteiger partial charge in [0.1, 0.15) is 22.3 Å². The normalized spacial score (nSPS) is 14.4. The van der Waals surface area contributed by atoms with E-state index < -0.39 is 0 Å². The van der Waals surface area contributed by atoms with E-state index in [0.717, 1.165) is 62.3 Å². The predicted octanol–water partition coefficient (Wildman–Crippen LogP) is 19.6. The van der Waals surface area contributed by atoms with Gasteiger partial charge in [-0.15, -0.1) is 0 Å². The summed E-state index contributed by atoms with van der Waals surface area (Å²) in [5, 5.41) is 7.18. The summed E-state index contributed by atoms with van der Waals surface area (Å²) in [7, 11) is 0. The minimum atomic E-state index is -0.345. The number of fused-ring (bicyclic) bond motifs is 20. The van der Waals surface area contributed by atoms with E-state index >= 15 is 0 Å². The Balaban J connectivity index is 0.910. The minimum Gasteiger partial charge on any atom is -0.455 e. The predicted molar refractivity (Wildman–Crippen MR) is 307 cm³/mol. The Kier molecular flexibility index (Phi) is 8.36. The molecule has 3 heteroatoms. The van der Waals surface area contributed by atoms with Crippen molar-refractivity contribution < 1.29 is 8.83 Å². The standard InChI is InChI=1S/C71H49NO2/c1-70(2)56-26-14-10-23-51(56)65-67(70)66-62(64-54-25-13-17-29-60(54)74-69(64)65)52-35-33-48(40-57(52)71(66,3)4)72(58-27-15-11-22-49(58)42-19-6-5-7-20-42)47-32-34-50-45(38-47)37-46-39-55(44-31-30-41-18-8-9-21-43(41)36-44)68-63(61(46)50)53-24-12-16-28-59(53)73-68/h5-36,38-40H,37H2,1-4H3. The molecule has 0 bridgehead atoms. The van der Waals surface area contributed by atoms with Crippen LogP contribution in [-0.2, 0) is 17.3 Å². The molecule has 0 amide bonds. The summed E-state index contributed by atoms with van der Waals surface area (Å²) in [6.07, 6.45) is 0.813. The van der Waals surface area contributed by atoms with E-state index in [2.05, 4.69) is 245 Å². The Hall–Kier alpha value is -8.92. The Labute approximate surface area is 429 Å². The molecular formula is C71H49NO2. The van der Waals surface area contributed by atoms with Gasteiger partial charge in [0.15, 0.2) is 0 Å². The molecule has 3 aliphatic rings. The second kappa shape index (κ2) is 14.8. The van der Waals surface area contributed by atoms with Gasteiger partial charge in [-0.1, -0.05) is 185 Å². The summed E-state index contributed by atoms with van der Waals surface area (Å²) in [5.74, 6) is 0. The number of hydrogen-bond donors (Lipinski definition) is 0. The van der Waals surface area contributed by atoms with E-state index in [1.807, 2.05) is 0 Å². The molecule has 0 N–H and O–H groups in total. The lowest BCUT2D eigenvalue weighted by Crippen LogP contribution is -2.24. The zero-order valence-electron chi connectivity index (χ0n) is 41.7. The number of benzene rings is 11. The van der Waals surface area contributed by atoms with Crippen molar-refractivity contribution in [1.29, 1.82) is 0 Å². The molecule has 3 aliphatic carbocycles. The Morgan fingerprint density at radius 1 is 0.378 bits per heavy atom. The zero-order chi connectivity index (χ0) is 49.2. The van der Waals surface area contributed by atoms with Crippen LogP contribution in [0.25, 0.3) is 110 Å². The van der Waals surface area contributed by atoms with E-state index in [0.29, 0.717) is 0 Å². The van der Waals surface area contributed by atoms with Gasteiger partial charge in [-0.3, -0.25) is 0 Å². The third-order valence-electron chi connectivity index (χ3n) is 17.2. The zero-order valence-corrected chi connectivity index (χ0v) is 41.7. The van der Waals surface area contributed by atoms with E-state index in [4.69, 9.17) is 8.83 Å². The van der Waals surface area contributed by atoms with Crippen LogP contribution in [-0.4, -0.2) is 0 Å². The SMILES string of the molecule is CC1(C)c2ccccc2-c2c1c1c(c3c2oc2ccccc23)-c2ccc(N(c3ccc4c(c3)Cc3cc(-c5ccc6ccccc6c5)c5oc6ccccc6c5c3-4)c3ccccc3-c3ccccc3)cc2C1(C)C. The highest BCUT2D eigenvalue weighted by Gasteiger charge is 2.48. The second-order valence-electron chi connectivity index (χ2n) is 21.9. The van der Waals surface area contributed by atoms with Gasteiger partial charge in [0, 0.05) is 60.4 Å². The Morgan fingerprint density at radius 3 is 1.77 bits per heavy atom. The topological polar surface area (TPSA) is 29.5 Å². The van der Waals surface area contributed by atoms with Crippen LogP contribution in [0.3, 0.4) is 0 Å². The molecule has 0 saturated carbocycles. The molecule has 0 aliphatic heterocycles. The van der Waals surface area contributed by atoms with Crippen molar-refractivity contribution in [3.63, 3.8) is 0 Å². The molecule has 16 rings (SSSR count). The number of para-hydroxylation sites is 3. The first-order valence-corrected chi connectivity index (χ1v) is 26.0. The summed E-state index contributed by atoms with van der Waals surface area (Å²) in [5.41, 5.74) is 27.0. The van der Waals surface area contributed by atoms with Crippen LogP contribution >= 0.6 is 0 Å². The van der Waals surface area contributed by atoms with Crippen molar-refractivity contribution in [1.82, 2.24) is 0 Å². The highest BCUT2D eigenvalue weighted by Crippen LogP contribution is 2.64. The van der Waals surface area contributed by atoms with Crippen LogP contribution in [0.2, 0.25) is 0 Å². The Morgan fingerprint density at radius 2 is 0.973 bits per heavy atom. The first-order valence-electron chi connectivity index (χ1n) is 26.0. The maximum atomic E-state index is 7.02. The van der Waals surface area contributed by atoms with E-state index in [1.54, 1.807) is 0 Å². The Bertz CT molecular complexity index is 4580. The molecule has 0 fully saturated rings. The molecule has 0 saturated heterocycles. The average molecular weight is 948 g/mol. The maximum absolute atomic E-state index is 7.02. The molecule has 3 nitrogen and oxygen atoms in total. The van der Waals surface area contributed by atoms with Crippen LogP contribution in [0.4, 0.5) is 17.1 Å². The molecule has 2 aromatic heterocycles. The molecule has 0 atom stereocenters. The molecule has 0 spiro atoms. The van der Waals surface area contributed by atoms with Crippen LogP contribution in [0, 0.1) is 0 Å². The molecule has 0 unspecified atom stereocenters. The number of hydrogen-bond acceptors (Lipinski definition) is 3. The number of anilines is 3. The molecular weight excluding hydrogens is 899 g/mol. The van der Waals surface area contributed by atoms with Gasteiger partial charge >= 0.3 is 0 Å². The highest BCUT2D eigenvalue weighted by atomic mass is 16.3. The van der Waals surface area contributed by atoms with Gasteiger partial charge in [-0.25, -0.2) is 0 Å². The molecule has 0 radical (unpaired) electrons. The monoisotopic (exact) mass is 947 g/mol. The average Bonchev–Trinajstić information content (AvgIpc) is 4.23. The van der Waals surface area contributed by atoms with Gasteiger partial charge in [0.05, 0.1) is 5.69 Å². The largest absolute Gasteiger partial charge is 0.455 e.